The quantitative estimate of drug-likeness (QED) is 0.282. The Labute approximate surface area is 238 Å². The van der Waals surface area contributed by atoms with E-state index in [0.717, 1.165) is 40.2 Å². The SMILES string of the molecule is Cc1cccc(CN(C(=O)[C@@H]2C[C@@H]2c2ccc(F)cc2)c2ccc3c(c2)[C@H](NS(=O)(=O)c2ccc(F)cc2)CC3)n1. The molecular weight excluding hydrogens is 544 g/mol. The molecule has 3 aromatic carbocycles. The van der Waals surface area contributed by atoms with Gasteiger partial charge in [0.1, 0.15) is 11.6 Å². The van der Waals surface area contributed by atoms with Gasteiger partial charge in [-0.15, -0.1) is 0 Å². The van der Waals surface area contributed by atoms with Crippen molar-refractivity contribution < 1.29 is 22.0 Å². The zero-order valence-electron chi connectivity index (χ0n) is 22.4. The Balaban J connectivity index is 1.29. The van der Waals surface area contributed by atoms with Crippen molar-refractivity contribution in [1.29, 1.82) is 0 Å². The molecule has 9 heteroatoms. The minimum Gasteiger partial charge on any atom is -0.306 e. The molecule has 3 atom stereocenters. The van der Waals surface area contributed by atoms with Crippen LogP contribution in [0.5, 0.6) is 0 Å². The lowest BCUT2D eigenvalue weighted by Crippen LogP contribution is -2.33. The number of nitrogens with zero attached hydrogens (tertiary/aromatic N) is 2. The molecule has 1 heterocycles. The highest BCUT2D eigenvalue weighted by Gasteiger charge is 2.46. The average molecular weight is 574 g/mol. The number of rotatable bonds is 8. The Morgan fingerprint density at radius 2 is 1.68 bits per heavy atom. The molecule has 1 saturated carbocycles. The molecule has 2 aliphatic carbocycles. The molecule has 0 unspecified atom stereocenters. The molecule has 2 aliphatic rings. The van der Waals surface area contributed by atoms with Crippen molar-refractivity contribution in [3.63, 3.8) is 0 Å². The molecule has 6 rings (SSSR count). The number of benzene rings is 3. The van der Waals surface area contributed by atoms with Crippen molar-refractivity contribution in [3.05, 3.63) is 125 Å². The molecule has 1 aromatic heterocycles. The molecule has 1 fully saturated rings. The van der Waals surface area contributed by atoms with Crippen LogP contribution in [-0.2, 0) is 27.8 Å². The summed E-state index contributed by atoms with van der Waals surface area (Å²) in [4.78, 5) is 20.3. The van der Waals surface area contributed by atoms with Crippen molar-refractivity contribution in [2.24, 2.45) is 5.92 Å². The number of hydrogen-bond acceptors (Lipinski definition) is 4. The first kappa shape index (κ1) is 27.2. The van der Waals surface area contributed by atoms with Gasteiger partial charge in [0.05, 0.1) is 17.1 Å². The molecule has 0 saturated heterocycles. The number of nitrogens with one attached hydrogen (secondary N) is 1. The van der Waals surface area contributed by atoms with E-state index in [1.165, 1.54) is 24.3 Å². The van der Waals surface area contributed by atoms with Crippen molar-refractivity contribution in [2.45, 2.75) is 49.6 Å². The zero-order valence-corrected chi connectivity index (χ0v) is 23.2. The van der Waals surface area contributed by atoms with E-state index in [1.807, 2.05) is 43.3 Å². The number of fused-ring (bicyclic) bond motifs is 1. The van der Waals surface area contributed by atoms with Crippen LogP contribution in [0.2, 0.25) is 0 Å². The number of sulfonamides is 1. The highest BCUT2D eigenvalue weighted by Crippen LogP contribution is 2.49. The Kier molecular flexibility index (Phi) is 7.17. The lowest BCUT2D eigenvalue weighted by Gasteiger charge is -2.25. The molecule has 0 aliphatic heterocycles. The van der Waals surface area contributed by atoms with E-state index in [1.54, 1.807) is 17.0 Å². The molecule has 6 nitrogen and oxygen atoms in total. The fraction of sp³-hybridized carbons (Fsp3) is 0.250. The largest absolute Gasteiger partial charge is 0.306 e. The van der Waals surface area contributed by atoms with Crippen molar-refractivity contribution in [2.75, 3.05) is 4.90 Å². The highest BCUT2D eigenvalue weighted by molar-refractivity contribution is 7.89. The third-order valence-electron chi connectivity index (χ3n) is 7.88. The number of halogens is 2. The molecular formula is C32H29F2N3O3S. The van der Waals surface area contributed by atoms with Gasteiger partial charge in [-0.2, -0.15) is 0 Å². The van der Waals surface area contributed by atoms with Crippen LogP contribution in [-0.4, -0.2) is 19.3 Å². The Hall–Kier alpha value is -3.95. The third-order valence-corrected chi connectivity index (χ3v) is 9.37. The lowest BCUT2D eigenvalue weighted by atomic mass is 10.1. The van der Waals surface area contributed by atoms with Gasteiger partial charge in [0.25, 0.3) is 0 Å². The summed E-state index contributed by atoms with van der Waals surface area (Å²) in [5.41, 5.74) is 5.00. The molecule has 0 radical (unpaired) electrons. The van der Waals surface area contributed by atoms with Crippen molar-refractivity contribution in [1.82, 2.24) is 9.71 Å². The first-order valence-corrected chi connectivity index (χ1v) is 15.1. The lowest BCUT2D eigenvalue weighted by molar-refractivity contribution is -0.120. The standard InChI is InChI=1S/C32H29F2N3O3S/c1-20-3-2-4-25(35-20)19-37(32(38)30-18-28(30)21-5-9-23(33)10-6-21)26-13-7-22-8-16-31(29(22)17-26)36-41(39,40)27-14-11-24(34)12-15-27/h2-7,9-15,17,28,30-31,36H,8,16,18-19H2,1H3/t28-,30-,31-/m1/s1. The minimum atomic E-state index is -3.88. The van der Waals surface area contributed by atoms with Crippen LogP contribution < -0.4 is 9.62 Å². The molecule has 41 heavy (non-hydrogen) atoms. The number of anilines is 1. The maximum Gasteiger partial charge on any atom is 0.241 e. The van der Waals surface area contributed by atoms with Crippen molar-refractivity contribution >= 4 is 21.6 Å². The van der Waals surface area contributed by atoms with E-state index in [-0.39, 0.29) is 35.0 Å². The van der Waals surface area contributed by atoms with E-state index >= 15 is 0 Å². The second kappa shape index (κ2) is 10.8. The molecule has 1 N–H and O–H groups in total. The van der Waals surface area contributed by atoms with Gasteiger partial charge in [-0.05, 0) is 109 Å². The Morgan fingerprint density at radius 3 is 2.39 bits per heavy atom. The number of hydrogen-bond donors (Lipinski definition) is 1. The first-order valence-electron chi connectivity index (χ1n) is 13.6. The fourth-order valence-corrected chi connectivity index (χ4v) is 6.89. The third kappa shape index (κ3) is 5.78. The summed E-state index contributed by atoms with van der Waals surface area (Å²) >= 11 is 0. The van der Waals surface area contributed by atoms with Crippen LogP contribution in [0.25, 0.3) is 0 Å². The van der Waals surface area contributed by atoms with E-state index in [9.17, 15) is 22.0 Å². The smallest absolute Gasteiger partial charge is 0.241 e. The molecule has 210 valence electrons. The van der Waals surface area contributed by atoms with Crippen LogP contribution in [0.3, 0.4) is 0 Å². The monoisotopic (exact) mass is 573 g/mol. The number of carbonyl (C=O) groups is 1. The second-order valence-corrected chi connectivity index (χ2v) is 12.5. The number of aromatic nitrogens is 1. The van der Waals surface area contributed by atoms with E-state index in [0.29, 0.717) is 24.9 Å². The number of aryl methyl sites for hydroxylation is 2. The summed E-state index contributed by atoms with van der Waals surface area (Å²) in [6.45, 7) is 2.16. The number of pyridine rings is 1. The highest BCUT2D eigenvalue weighted by atomic mass is 32.2. The van der Waals surface area contributed by atoms with Gasteiger partial charge in [0.2, 0.25) is 15.9 Å². The summed E-state index contributed by atoms with van der Waals surface area (Å²) in [6, 6.07) is 22.0. The van der Waals surface area contributed by atoms with Crippen LogP contribution in [0.15, 0.2) is 89.8 Å². The van der Waals surface area contributed by atoms with E-state index in [4.69, 9.17) is 0 Å². The van der Waals surface area contributed by atoms with Gasteiger partial charge in [-0.3, -0.25) is 9.78 Å². The molecule has 4 aromatic rings. The van der Waals surface area contributed by atoms with Gasteiger partial charge in [0.15, 0.2) is 0 Å². The van der Waals surface area contributed by atoms with Crippen LogP contribution >= 0.6 is 0 Å². The normalized spacial score (nSPS) is 19.5. The van der Waals surface area contributed by atoms with Crippen molar-refractivity contribution in [3.8, 4) is 0 Å². The molecule has 0 spiro atoms. The fourth-order valence-electron chi connectivity index (χ4n) is 5.64. The van der Waals surface area contributed by atoms with Gasteiger partial charge in [0, 0.05) is 23.3 Å². The topological polar surface area (TPSA) is 79.4 Å². The first-order chi connectivity index (χ1) is 19.7. The maximum atomic E-state index is 14.0. The van der Waals surface area contributed by atoms with Gasteiger partial charge < -0.3 is 4.90 Å². The van der Waals surface area contributed by atoms with Crippen LogP contribution in [0, 0.1) is 24.5 Å². The molecule has 0 bridgehead atoms. The second-order valence-electron chi connectivity index (χ2n) is 10.7. The van der Waals surface area contributed by atoms with E-state index < -0.39 is 21.9 Å². The van der Waals surface area contributed by atoms with Crippen LogP contribution in [0.4, 0.5) is 14.5 Å². The van der Waals surface area contributed by atoms with E-state index in [2.05, 4.69) is 9.71 Å². The summed E-state index contributed by atoms with van der Waals surface area (Å²) in [6.07, 6.45) is 1.93. The molecule has 1 amide bonds. The average Bonchev–Trinajstić information content (AvgIpc) is 3.66. The van der Waals surface area contributed by atoms with Gasteiger partial charge >= 0.3 is 0 Å². The predicted molar refractivity (Wildman–Crippen MR) is 152 cm³/mol. The predicted octanol–water partition coefficient (Wildman–Crippen LogP) is 5.97. The Bertz CT molecular complexity index is 1710. The summed E-state index contributed by atoms with van der Waals surface area (Å²) in [5.74, 6) is -1.10. The Morgan fingerprint density at radius 1 is 0.976 bits per heavy atom. The zero-order chi connectivity index (χ0) is 28.7. The van der Waals surface area contributed by atoms with Gasteiger partial charge in [-0.1, -0.05) is 24.3 Å². The summed E-state index contributed by atoms with van der Waals surface area (Å²) < 4.78 is 55.7. The minimum absolute atomic E-state index is 0.00796. The van der Waals surface area contributed by atoms with Gasteiger partial charge in [-0.25, -0.2) is 21.9 Å². The number of carbonyl (C=O) groups excluding carboxylic acids is 1. The summed E-state index contributed by atoms with van der Waals surface area (Å²) in [7, 11) is -3.88. The number of amides is 1. The summed E-state index contributed by atoms with van der Waals surface area (Å²) in [5, 5.41) is 0. The van der Waals surface area contributed by atoms with Crippen LogP contribution in [0.1, 0.15) is 52.9 Å². The maximum absolute atomic E-state index is 14.0.